The molecule has 0 bridgehead atoms. The lowest BCUT2D eigenvalue weighted by atomic mass is 10.1. The van der Waals surface area contributed by atoms with Gasteiger partial charge in [-0.15, -0.1) is 0 Å². The van der Waals surface area contributed by atoms with E-state index in [-0.39, 0.29) is 0 Å². The molecule has 0 radical (unpaired) electrons. The molecule has 0 saturated carbocycles. The highest BCUT2D eigenvalue weighted by Crippen LogP contribution is 2.21. The van der Waals surface area contributed by atoms with E-state index in [1.165, 1.54) is 5.56 Å². The van der Waals surface area contributed by atoms with Crippen molar-refractivity contribution in [2.45, 2.75) is 6.92 Å². The molecule has 0 N–H and O–H groups in total. The Morgan fingerprint density at radius 2 is 1.60 bits per heavy atom. The van der Waals surface area contributed by atoms with E-state index in [2.05, 4.69) is 46.1 Å². The molecule has 20 heavy (non-hydrogen) atoms. The smallest absolute Gasteiger partial charge is 0.321 e. The third-order valence-electron chi connectivity index (χ3n) is 2.86. The first-order valence-corrected chi connectivity index (χ1v) is 6.28. The zero-order valence-electron chi connectivity index (χ0n) is 11.0. The van der Waals surface area contributed by atoms with Crippen molar-refractivity contribution in [2.24, 2.45) is 0 Å². The molecule has 0 fully saturated rings. The lowest BCUT2D eigenvalue weighted by molar-refractivity contribution is 0.440. The quantitative estimate of drug-likeness (QED) is 0.723. The Kier molecular flexibility index (Phi) is 3.37. The number of aromatic nitrogens is 3. The fourth-order valence-electron chi connectivity index (χ4n) is 1.78. The molecule has 4 nitrogen and oxygen atoms in total. The van der Waals surface area contributed by atoms with Crippen molar-refractivity contribution in [3.05, 3.63) is 66.7 Å². The van der Waals surface area contributed by atoms with Crippen LogP contribution < -0.4 is 4.74 Å². The predicted octanol–water partition coefficient (Wildman–Crippen LogP) is 3.64. The van der Waals surface area contributed by atoms with Crippen LogP contribution in [0.15, 0.2) is 61.2 Å². The van der Waals surface area contributed by atoms with Crippen molar-refractivity contribution >= 4 is 0 Å². The summed E-state index contributed by atoms with van der Waals surface area (Å²) in [5, 5.41) is 0. The Bertz CT molecular complexity index is 679. The van der Waals surface area contributed by atoms with Crippen molar-refractivity contribution in [3.63, 3.8) is 0 Å². The Morgan fingerprint density at radius 3 is 2.25 bits per heavy atom. The van der Waals surface area contributed by atoms with Crippen molar-refractivity contribution in [2.75, 3.05) is 0 Å². The van der Waals surface area contributed by atoms with E-state index < -0.39 is 0 Å². The molecule has 2 aromatic heterocycles. The molecule has 0 spiro atoms. The Morgan fingerprint density at radius 1 is 0.850 bits per heavy atom. The molecule has 1 aromatic carbocycles. The molecule has 98 valence electrons. The minimum Gasteiger partial charge on any atom is -0.423 e. The number of rotatable bonds is 3. The van der Waals surface area contributed by atoms with Gasteiger partial charge in [-0.25, -0.2) is 9.97 Å². The number of nitrogens with zero attached hydrogens (tertiary/aromatic N) is 3. The van der Waals surface area contributed by atoms with E-state index in [4.69, 9.17) is 4.74 Å². The maximum Gasteiger partial charge on any atom is 0.321 e. The fourth-order valence-corrected chi connectivity index (χ4v) is 1.78. The van der Waals surface area contributed by atoms with Crippen LogP contribution in [0, 0.1) is 6.92 Å². The standard InChI is InChI=1S/C16H13N3O/c1-12-4-6-13(7-5-12)14-9-18-16(19-10-14)20-15-3-2-8-17-11-15/h2-11H,1H3. The van der Waals surface area contributed by atoms with Gasteiger partial charge in [-0.1, -0.05) is 29.8 Å². The van der Waals surface area contributed by atoms with Gasteiger partial charge in [0.05, 0.1) is 6.20 Å². The third kappa shape index (κ3) is 2.80. The molecular weight excluding hydrogens is 250 g/mol. The maximum atomic E-state index is 5.50. The number of hydrogen-bond acceptors (Lipinski definition) is 4. The normalized spacial score (nSPS) is 10.2. The predicted molar refractivity (Wildman–Crippen MR) is 76.5 cm³/mol. The van der Waals surface area contributed by atoms with Gasteiger partial charge >= 0.3 is 6.01 Å². The molecule has 0 saturated heterocycles. The molecule has 2 heterocycles. The third-order valence-corrected chi connectivity index (χ3v) is 2.86. The van der Waals surface area contributed by atoms with Crippen LogP contribution >= 0.6 is 0 Å². The summed E-state index contributed by atoms with van der Waals surface area (Å²) in [6.45, 7) is 2.06. The Hall–Kier alpha value is -2.75. The highest BCUT2D eigenvalue weighted by molar-refractivity contribution is 5.61. The first kappa shape index (κ1) is 12.3. The van der Waals surface area contributed by atoms with E-state index in [0.717, 1.165) is 11.1 Å². The van der Waals surface area contributed by atoms with Crippen LogP contribution in [0.2, 0.25) is 0 Å². The van der Waals surface area contributed by atoms with Crippen LogP contribution in [-0.4, -0.2) is 15.0 Å². The van der Waals surface area contributed by atoms with E-state index in [0.29, 0.717) is 11.8 Å². The summed E-state index contributed by atoms with van der Waals surface area (Å²) in [5.41, 5.74) is 3.28. The number of ether oxygens (including phenoxy) is 1. The second-order valence-corrected chi connectivity index (χ2v) is 4.41. The van der Waals surface area contributed by atoms with Crippen molar-refractivity contribution in [3.8, 4) is 22.9 Å². The summed E-state index contributed by atoms with van der Waals surface area (Å²) in [5.74, 6) is 0.621. The van der Waals surface area contributed by atoms with Gasteiger partial charge in [0, 0.05) is 24.2 Å². The Balaban J connectivity index is 1.79. The summed E-state index contributed by atoms with van der Waals surface area (Å²) < 4.78 is 5.50. The number of pyridine rings is 1. The van der Waals surface area contributed by atoms with Gasteiger partial charge in [0.25, 0.3) is 0 Å². The zero-order chi connectivity index (χ0) is 13.8. The van der Waals surface area contributed by atoms with E-state index in [1.807, 2.05) is 6.07 Å². The van der Waals surface area contributed by atoms with Crippen LogP contribution in [0.4, 0.5) is 0 Å². The molecule has 0 atom stereocenters. The highest BCUT2D eigenvalue weighted by Gasteiger charge is 2.02. The van der Waals surface area contributed by atoms with Crippen LogP contribution in [0.5, 0.6) is 11.8 Å². The molecule has 3 rings (SSSR count). The van der Waals surface area contributed by atoms with Gasteiger partial charge in [0.1, 0.15) is 5.75 Å². The molecule has 0 amide bonds. The molecule has 0 aliphatic heterocycles. The van der Waals surface area contributed by atoms with Crippen molar-refractivity contribution in [1.29, 1.82) is 0 Å². The largest absolute Gasteiger partial charge is 0.423 e. The van der Waals surface area contributed by atoms with Crippen molar-refractivity contribution < 1.29 is 4.74 Å². The first-order valence-electron chi connectivity index (χ1n) is 6.28. The molecule has 0 unspecified atom stereocenters. The number of benzene rings is 1. The molecule has 0 aliphatic carbocycles. The lowest BCUT2D eigenvalue weighted by Gasteiger charge is -2.04. The van der Waals surface area contributed by atoms with E-state index >= 15 is 0 Å². The van der Waals surface area contributed by atoms with Crippen LogP contribution in [-0.2, 0) is 0 Å². The van der Waals surface area contributed by atoms with E-state index in [9.17, 15) is 0 Å². The van der Waals surface area contributed by atoms with Gasteiger partial charge in [-0.05, 0) is 24.6 Å². The monoisotopic (exact) mass is 263 g/mol. The number of hydrogen-bond donors (Lipinski definition) is 0. The molecule has 3 aromatic rings. The maximum absolute atomic E-state index is 5.50. The summed E-state index contributed by atoms with van der Waals surface area (Å²) in [7, 11) is 0. The summed E-state index contributed by atoms with van der Waals surface area (Å²) in [4.78, 5) is 12.4. The second-order valence-electron chi connectivity index (χ2n) is 4.41. The average molecular weight is 263 g/mol. The topological polar surface area (TPSA) is 47.9 Å². The summed E-state index contributed by atoms with van der Waals surface area (Å²) in [6.07, 6.45) is 6.82. The molecular formula is C16H13N3O. The van der Waals surface area contributed by atoms with Gasteiger partial charge in [0.15, 0.2) is 0 Å². The van der Waals surface area contributed by atoms with Gasteiger partial charge in [-0.2, -0.15) is 0 Å². The minimum atomic E-state index is 0.314. The van der Waals surface area contributed by atoms with Gasteiger partial charge < -0.3 is 4.74 Å². The second kappa shape index (κ2) is 5.48. The van der Waals surface area contributed by atoms with Crippen LogP contribution in [0.1, 0.15) is 5.56 Å². The highest BCUT2D eigenvalue weighted by atomic mass is 16.5. The Labute approximate surface area is 117 Å². The number of aryl methyl sites for hydroxylation is 1. The summed E-state index contributed by atoms with van der Waals surface area (Å²) >= 11 is 0. The molecule has 4 heteroatoms. The van der Waals surface area contributed by atoms with E-state index in [1.54, 1.807) is 30.9 Å². The van der Waals surface area contributed by atoms with Gasteiger partial charge in [-0.3, -0.25) is 4.98 Å². The SMILES string of the molecule is Cc1ccc(-c2cnc(Oc3cccnc3)nc2)cc1. The first-order chi connectivity index (χ1) is 9.81. The van der Waals surface area contributed by atoms with Crippen LogP contribution in [0.3, 0.4) is 0 Å². The summed E-state index contributed by atoms with van der Waals surface area (Å²) in [6, 6.07) is 12.2. The zero-order valence-corrected chi connectivity index (χ0v) is 11.0. The van der Waals surface area contributed by atoms with Gasteiger partial charge in [0.2, 0.25) is 0 Å². The van der Waals surface area contributed by atoms with Crippen molar-refractivity contribution in [1.82, 2.24) is 15.0 Å². The van der Waals surface area contributed by atoms with Crippen LogP contribution in [0.25, 0.3) is 11.1 Å². The lowest BCUT2D eigenvalue weighted by Crippen LogP contribution is -1.92. The average Bonchev–Trinajstić information content (AvgIpc) is 2.50. The fraction of sp³-hybridized carbons (Fsp3) is 0.0625. The molecule has 0 aliphatic rings. The minimum absolute atomic E-state index is 0.314.